The number of nitrogens with one attached hydrogen (secondary N) is 1. The number of rotatable bonds is 0. The van der Waals surface area contributed by atoms with Crippen LogP contribution in [-0.4, -0.2) is 9.97 Å². The summed E-state index contributed by atoms with van der Waals surface area (Å²) >= 11 is 0. The topological polar surface area (TPSA) is 28.7 Å². The van der Waals surface area contributed by atoms with Crippen molar-refractivity contribution in [1.29, 1.82) is 0 Å². The van der Waals surface area contributed by atoms with Crippen LogP contribution in [0.3, 0.4) is 0 Å². The summed E-state index contributed by atoms with van der Waals surface area (Å²) in [6.45, 7) is 7.09. The van der Waals surface area contributed by atoms with Crippen molar-refractivity contribution in [2.45, 2.75) is 6.92 Å². The van der Waals surface area contributed by atoms with Crippen LogP contribution in [0.25, 0.3) is 0 Å². The molecule has 2 radical (unpaired) electrons. The van der Waals surface area contributed by atoms with Crippen LogP contribution in [0.2, 0.25) is 0 Å². The highest BCUT2D eigenvalue weighted by Gasteiger charge is 1.84. The van der Waals surface area contributed by atoms with Crippen LogP contribution in [0.15, 0.2) is 6.20 Å². The molecule has 0 spiro atoms. The minimum atomic E-state index is 0.484. The summed E-state index contributed by atoms with van der Waals surface area (Å²) in [7, 11) is 0. The normalized spacial score (nSPS) is 9.43. The number of nitrogens with zero attached hydrogens (tertiary/aromatic N) is 1. The summed E-state index contributed by atoms with van der Waals surface area (Å²) in [5, 5.41) is 0. The summed E-state index contributed by atoms with van der Waals surface area (Å²) in [4.78, 5) is 6.57. The van der Waals surface area contributed by atoms with E-state index in [4.69, 9.17) is 6.92 Å². The Balaban J connectivity index is 3.04. The number of aromatic nitrogens is 2. The Hall–Kier alpha value is -0.790. The number of aryl methyl sites for hydroxylation is 1. The van der Waals surface area contributed by atoms with E-state index in [-0.39, 0.29) is 0 Å². The first-order chi connectivity index (χ1) is 3.29. The molecule has 1 N–H and O–H groups in total. The van der Waals surface area contributed by atoms with Gasteiger partial charge in [0.25, 0.3) is 0 Å². The third-order valence-electron chi connectivity index (χ3n) is 0.726. The standard InChI is InChI=1S/C5H6N2/c1-4-3-6-5(2)7-4/h2-3H,1H3,(H,6,7). The first-order valence-corrected chi connectivity index (χ1v) is 2.06. The predicted molar refractivity (Wildman–Crippen MR) is 26.7 cm³/mol. The van der Waals surface area contributed by atoms with Gasteiger partial charge in [0.1, 0.15) is 5.82 Å². The SMILES string of the molecule is [CH]c1nc(C)c[nH]1. The van der Waals surface area contributed by atoms with Crippen molar-refractivity contribution in [1.82, 2.24) is 9.97 Å². The van der Waals surface area contributed by atoms with Crippen molar-refractivity contribution in [3.05, 3.63) is 24.6 Å². The molecular formula is C5H6N2. The second kappa shape index (κ2) is 1.37. The lowest BCUT2D eigenvalue weighted by atomic mass is 10.6. The van der Waals surface area contributed by atoms with Crippen molar-refractivity contribution in [3.8, 4) is 0 Å². The van der Waals surface area contributed by atoms with E-state index in [0.717, 1.165) is 5.69 Å². The maximum Gasteiger partial charge on any atom is 0.110 e. The Morgan fingerprint density at radius 3 is 2.71 bits per heavy atom. The average Bonchev–Trinajstić information content (AvgIpc) is 1.87. The van der Waals surface area contributed by atoms with Gasteiger partial charge in [0.2, 0.25) is 0 Å². The van der Waals surface area contributed by atoms with Gasteiger partial charge in [-0.05, 0) is 6.92 Å². The van der Waals surface area contributed by atoms with Gasteiger partial charge in [0.15, 0.2) is 0 Å². The number of H-pyrrole nitrogens is 1. The first kappa shape index (κ1) is 4.37. The van der Waals surface area contributed by atoms with Crippen LogP contribution in [0.5, 0.6) is 0 Å². The largest absolute Gasteiger partial charge is 0.348 e. The molecule has 2 heteroatoms. The number of aromatic amines is 1. The molecule has 0 unspecified atom stereocenters. The van der Waals surface area contributed by atoms with E-state index in [0.29, 0.717) is 5.82 Å². The van der Waals surface area contributed by atoms with Gasteiger partial charge < -0.3 is 4.98 Å². The van der Waals surface area contributed by atoms with E-state index in [2.05, 4.69) is 9.97 Å². The summed E-state index contributed by atoms with van der Waals surface area (Å²) in [6.07, 6.45) is 1.76. The molecule has 0 aliphatic rings. The fourth-order valence-electron chi connectivity index (χ4n) is 0.433. The van der Waals surface area contributed by atoms with Crippen molar-refractivity contribution < 1.29 is 0 Å². The molecule has 0 aromatic carbocycles. The molecule has 0 aliphatic carbocycles. The average molecular weight is 94.1 g/mol. The Morgan fingerprint density at radius 2 is 2.57 bits per heavy atom. The molecule has 36 valence electrons. The van der Waals surface area contributed by atoms with Gasteiger partial charge >= 0.3 is 0 Å². The Labute approximate surface area is 42.6 Å². The first-order valence-electron chi connectivity index (χ1n) is 2.06. The second-order valence-electron chi connectivity index (χ2n) is 1.43. The minimum absolute atomic E-state index is 0.484. The van der Waals surface area contributed by atoms with E-state index < -0.39 is 0 Å². The zero-order valence-electron chi connectivity index (χ0n) is 4.10. The lowest BCUT2D eigenvalue weighted by Gasteiger charge is -1.70. The van der Waals surface area contributed by atoms with E-state index in [1.54, 1.807) is 6.20 Å². The fraction of sp³-hybridized carbons (Fsp3) is 0.200. The van der Waals surface area contributed by atoms with Crippen molar-refractivity contribution in [2.75, 3.05) is 0 Å². The van der Waals surface area contributed by atoms with E-state index in [1.165, 1.54) is 0 Å². The Kier molecular flexibility index (Phi) is 0.855. The smallest absolute Gasteiger partial charge is 0.110 e. The van der Waals surface area contributed by atoms with E-state index in [1.807, 2.05) is 6.92 Å². The summed E-state index contributed by atoms with van der Waals surface area (Å²) in [6, 6.07) is 0. The number of hydrogen-bond donors (Lipinski definition) is 1. The van der Waals surface area contributed by atoms with Gasteiger partial charge in [-0.2, -0.15) is 0 Å². The van der Waals surface area contributed by atoms with Crippen LogP contribution < -0.4 is 0 Å². The molecule has 0 aliphatic heterocycles. The summed E-state index contributed by atoms with van der Waals surface area (Å²) < 4.78 is 0. The number of hydrogen-bond acceptors (Lipinski definition) is 1. The molecule has 7 heavy (non-hydrogen) atoms. The Bertz CT molecular complexity index is 138. The van der Waals surface area contributed by atoms with Gasteiger partial charge in [-0.1, -0.05) is 0 Å². The minimum Gasteiger partial charge on any atom is -0.348 e. The maximum atomic E-state index is 5.21. The highest BCUT2D eigenvalue weighted by molar-refractivity contribution is 4.99. The monoisotopic (exact) mass is 94.1 g/mol. The van der Waals surface area contributed by atoms with Crippen molar-refractivity contribution in [3.63, 3.8) is 0 Å². The van der Waals surface area contributed by atoms with Gasteiger partial charge in [-0.15, -0.1) is 0 Å². The van der Waals surface area contributed by atoms with Crippen LogP contribution in [-0.2, 0) is 0 Å². The second-order valence-corrected chi connectivity index (χ2v) is 1.43. The fourth-order valence-corrected chi connectivity index (χ4v) is 0.433. The maximum absolute atomic E-state index is 5.21. The summed E-state index contributed by atoms with van der Waals surface area (Å²) in [5.74, 6) is 0.484. The molecule has 2 nitrogen and oxygen atoms in total. The van der Waals surface area contributed by atoms with Gasteiger partial charge in [-0.25, -0.2) is 4.98 Å². The third-order valence-corrected chi connectivity index (χ3v) is 0.726. The molecule has 0 amide bonds. The highest BCUT2D eigenvalue weighted by Crippen LogP contribution is 1.89. The quantitative estimate of drug-likeness (QED) is 0.505. The van der Waals surface area contributed by atoms with Crippen LogP contribution >= 0.6 is 0 Å². The van der Waals surface area contributed by atoms with Crippen LogP contribution in [0.1, 0.15) is 11.5 Å². The predicted octanol–water partition coefficient (Wildman–Crippen LogP) is 0.777. The molecule has 0 fully saturated rings. The zero-order valence-corrected chi connectivity index (χ0v) is 4.10. The molecule has 0 bridgehead atoms. The third kappa shape index (κ3) is 0.796. The molecular weight excluding hydrogens is 88.1 g/mol. The lowest BCUT2D eigenvalue weighted by Crippen LogP contribution is -1.70. The molecule has 1 heterocycles. The van der Waals surface area contributed by atoms with Gasteiger partial charge in [0, 0.05) is 13.1 Å². The number of imidazole rings is 1. The highest BCUT2D eigenvalue weighted by atomic mass is 14.9. The van der Waals surface area contributed by atoms with E-state index >= 15 is 0 Å². The van der Waals surface area contributed by atoms with Crippen LogP contribution in [0, 0.1) is 13.8 Å². The van der Waals surface area contributed by atoms with Crippen molar-refractivity contribution in [2.24, 2.45) is 0 Å². The molecule has 1 aromatic heterocycles. The van der Waals surface area contributed by atoms with Crippen molar-refractivity contribution >= 4 is 0 Å². The molecule has 0 atom stereocenters. The van der Waals surface area contributed by atoms with Crippen LogP contribution in [0.4, 0.5) is 0 Å². The Morgan fingerprint density at radius 1 is 1.86 bits per heavy atom. The van der Waals surface area contributed by atoms with Gasteiger partial charge in [-0.3, -0.25) is 0 Å². The zero-order chi connectivity index (χ0) is 5.28. The molecule has 0 saturated carbocycles. The lowest BCUT2D eigenvalue weighted by molar-refractivity contribution is 1.19. The van der Waals surface area contributed by atoms with Gasteiger partial charge in [0.05, 0.1) is 5.69 Å². The molecule has 0 saturated heterocycles. The summed E-state index contributed by atoms with van der Waals surface area (Å²) in [5.41, 5.74) is 0.928. The molecule has 1 aromatic rings. The molecule has 1 rings (SSSR count). The van der Waals surface area contributed by atoms with E-state index in [9.17, 15) is 0 Å².